The first-order valence-corrected chi connectivity index (χ1v) is 9.54. The van der Waals surface area contributed by atoms with Crippen molar-refractivity contribution in [3.63, 3.8) is 0 Å². The number of aromatic nitrogens is 2. The molecule has 148 valence electrons. The second-order valence-corrected chi connectivity index (χ2v) is 7.29. The third-order valence-electron chi connectivity index (χ3n) is 5.37. The Bertz CT molecular complexity index is 821. The summed E-state index contributed by atoms with van der Waals surface area (Å²) in [5.74, 6) is 1.68. The third kappa shape index (κ3) is 3.21. The Hall–Kier alpha value is -1.71. The maximum atomic E-state index is 9.93. The van der Waals surface area contributed by atoms with Crippen LogP contribution in [0.4, 0.5) is 0 Å². The van der Waals surface area contributed by atoms with Crippen LogP contribution in [-0.4, -0.2) is 58.5 Å². The molecule has 8 heteroatoms. The largest absolute Gasteiger partial charge is 0.485 e. The van der Waals surface area contributed by atoms with Crippen molar-refractivity contribution >= 4 is 11.0 Å². The minimum atomic E-state index is -0.593. The maximum Gasteiger partial charge on any atom is 0.271 e. The normalized spacial score (nSPS) is 28.6. The second kappa shape index (κ2) is 7.37. The van der Waals surface area contributed by atoms with Gasteiger partial charge in [0, 0.05) is 6.07 Å². The predicted octanol–water partition coefficient (Wildman–Crippen LogP) is -0.306. The number of hydrogen-bond acceptors (Lipinski definition) is 6. The molecule has 0 bridgehead atoms. The molecule has 0 radical (unpaired) electrons. The molecule has 0 unspecified atom stereocenters. The topological polar surface area (TPSA) is 103 Å². The average Bonchev–Trinajstić information content (AvgIpc) is 3.29. The Balaban J connectivity index is 1.67. The van der Waals surface area contributed by atoms with Gasteiger partial charge in [-0.2, -0.15) is 0 Å². The first-order valence-electron chi connectivity index (χ1n) is 9.54. The van der Waals surface area contributed by atoms with Crippen molar-refractivity contribution in [3.8, 4) is 5.75 Å². The van der Waals surface area contributed by atoms with E-state index in [0.29, 0.717) is 25.4 Å². The van der Waals surface area contributed by atoms with Crippen LogP contribution in [0, 0.1) is 0 Å². The minimum Gasteiger partial charge on any atom is -0.485 e. The summed E-state index contributed by atoms with van der Waals surface area (Å²) in [4.78, 5) is 0. The lowest BCUT2D eigenvalue weighted by Gasteiger charge is -2.17. The van der Waals surface area contributed by atoms with E-state index in [-0.39, 0.29) is 24.9 Å². The smallest absolute Gasteiger partial charge is 0.271 e. The lowest BCUT2D eigenvalue weighted by Crippen LogP contribution is -2.38. The highest BCUT2D eigenvalue weighted by Crippen LogP contribution is 2.31. The molecule has 1 aromatic carbocycles. The molecule has 0 amide bonds. The van der Waals surface area contributed by atoms with Gasteiger partial charge in [-0.15, -0.1) is 0 Å². The number of benzene rings is 1. The number of aliphatic hydroxyl groups is 2. The third-order valence-corrected chi connectivity index (χ3v) is 5.37. The standard InChI is InChI=1S/C19H28N3O5/c1-3-21-13-5-4-12(6-14(13)22(8-11(2)23)17(21)7-20)27-16-10-26-18-15(24)9-25-19(16)18/h4-6,11,15-16,18-19,23-24H,3,7-10,20H2,1-2H3/q+1/t11-,15-,16-,18+,19+/m0/s1. The van der Waals surface area contributed by atoms with Gasteiger partial charge in [-0.1, -0.05) is 0 Å². The number of imidazole rings is 1. The molecule has 1 aromatic heterocycles. The van der Waals surface area contributed by atoms with E-state index in [4.69, 9.17) is 19.9 Å². The average molecular weight is 378 g/mol. The van der Waals surface area contributed by atoms with Crippen LogP contribution in [0.1, 0.15) is 19.7 Å². The Morgan fingerprint density at radius 2 is 2.11 bits per heavy atom. The van der Waals surface area contributed by atoms with E-state index < -0.39 is 12.2 Å². The molecule has 0 spiro atoms. The van der Waals surface area contributed by atoms with Crippen LogP contribution in [0.2, 0.25) is 0 Å². The van der Waals surface area contributed by atoms with Gasteiger partial charge in [0.05, 0.1) is 32.4 Å². The van der Waals surface area contributed by atoms with Crippen molar-refractivity contribution in [2.75, 3.05) is 13.2 Å². The summed E-state index contributed by atoms with van der Waals surface area (Å²) in [5, 5.41) is 19.8. The SMILES string of the molecule is CC[n+]1c(CN)n(C[C@H](C)O)c2cc(O[C@H]3CO[C@H]4[C@@H]3OC[C@@H]4O)ccc21. The zero-order valence-electron chi connectivity index (χ0n) is 15.7. The summed E-state index contributed by atoms with van der Waals surface area (Å²) in [5.41, 5.74) is 8.02. The lowest BCUT2D eigenvalue weighted by atomic mass is 10.1. The molecule has 27 heavy (non-hydrogen) atoms. The predicted molar refractivity (Wildman–Crippen MR) is 97.3 cm³/mol. The highest BCUT2D eigenvalue weighted by molar-refractivity contribution is 5.74. The molecule has 8 nitrogen and oxygen atoms in total. The molecule has 2 fully saturated rings. The van der Waals surface area contributed by atoms with Crippen LogP contribution in [0.5, 0.6) is 5.75 Å². The van der Waals surface area contributed by atoms with E-state index in [1.807, 2.05) is 18.2 Å². The number of aryl methyl sites for hydroxylation is 1. The van der Waals surface area contributed by atoms with Gasteiger partial charge in [0.25, 0.3) is 5.82 Å². The van der Waals surface area contributed by atoms with E-state index in [1.165, 1.54) is 0 Å². The van der Waals surface area contributed by atoms with Crippen molar-refractivity contribution in [3.05, 3.63) is 24.0 Å². The molecular formula is C19H28N3O5+. The second-order valence-electron chi connectivity index (χ2n) is 7.29. The van der Waals surface area contributed by atoms with Crippen molar-refractivity contribution in [1.29, 1.82) is 0 Å². The Kier molecular flexibility index (Phi) is 5.09. The van der Waals surface area contributed by atoms with E-state index in [0.717, 1.165) is 23.4 Å². The zero-order valence-corrected chi connectivity index (χ0v) is 15.7. The van der Waals surface area contributed by atoms with Crippen LogP contribution < -0.4 is 15.0 Å². The number of nitrogens with zero attached hydrogens (tertiary/aromatic N) is 2. The van der Waals surface area contributed by atoms with Gasteiger partial charge in [0.1, 0.15) is 30.6 Å². The van der Waals surface area contributed by atoms with E-state index in [2.05, 4.69) is 16.1 Å². The minimum absolute atomic E-state index is 0.250. The summed E-state index contributed by atoms with van der Waals surface area (Å²) >= 11 is 0. The van der Waals surface area contributed by atoms with Crippen LogP contribution in [-0.2, 0) is 29.1 Å². The number of aliphatic hydroxyl groups excluding tert-OH is 2. The lowest BCUT2D eigenvalue weighted by molar-refractivity contribution is -0.676. The molecular weight excluding hydrogens is 350 g/mol. The van der Waals surface area contributed by atoms with Crippen LogP contribution in [0.3, 0.4) is 0 Å². The molecule has 0 aliphatic carbocycles. The Morgan fingerprint density at radius 3 is 2.81 bits per heavy atom. The molecule has 5 atom stereocenters. The van der Waals surface area contributed by atoms with E-state index in [9.17, 15) is 10.2 Å². The summed E-state index contributed by atoms with van der Waals surface area (Å²) in [6.07, 6.45) is -1.90. The highest BCUT2D eigenvalue weighted by Gasteiger charge is 2.48. The summed E-state index contributed by atoms with van der Waals surface area (Å²) in [6, 6.07) is 5.92. The fourth-order valence-electron chi connectivity index (χ4n) is 4.21. The van der Waals surface area contributed by atoms with Gasteiger partial charge in [-0.25, -0.2) is 9.13 Å². The number of fused-ring (bicyclic) bond motifs is 2. The molecule has 2 aliphatic rings. The van der Waals surface area contributed by atoms with Crippen LogP contribution >= 0.6 is 0 Å². The Morgan fingerprint density at radius 1 is 1.33 bits per heavy atom. The maximum absolute atomic E-state index is 9.93. The fourth-order valence-corrected chi connectivity index (χ4v) is 4.21. The van der Waals surface area contributed by atoms with E-state index in [1.54, 1.807) is 6.92 Å². The monoisotopic (exact) mass is 378 g/mol. The van der Waals surface area contributed by atoms with Crippen molar-refractivity contribution < 1.29 is 29.0 Å². The number of ether oxygens (including phenoxy) is 3. The molecule has 4 N–H and O–H groups in total. The van der Waals surface area contributed by atoms with Crippen LogP contribution in [0.25, 0.3) is 11.0 Å². The van der Waals surface area contributed by atoms with Gasteiger partial charge >= 0.3 is 0 Å². The molecule has 2 saturated heterocycles. The quantitative estimate of drug-likeness (QED) is 0.596. The fraction of sp³-hybridized carbons (Fsp3) is 0.632. The highest BCUT2D eigenvalue weighted by atomic mass is 16.6. The summed E-state index contributed by atoms with van der Waals surface area (Å²) < 4.78 is 21.6. The number of rotatable bonds is 6. The molecule has 4 rings (SSSR count). The first kappa shape index (κ1) is 18.6. The number of nitrogens with two attached hydrogens (primary N) is 1. The van der Waals surface area contributed by atoms with Gasteiger partial charge in [0.2, 0.25) is 0 Å². The number of hydrogen-bond donors (Lipinski definition) is 3. The van der Waals surface area contributed by atoms with Crippen molar-refractivity contribution in [2.45, 2.75) is 64.0 Å². The van der Waals surface area contributed by atoms with E-state index >= 15 is 0 Å². The molecule has 2 aromatic rings. The van der Waals surface area contributed by atoms with Gasteiger partial charge in [-0.05, 0) is 26.0 Å². The Labute approximate surface area is 158 Å². The van der Waals surface area contributed by atoms with Crippen molar-refractivity contribution in [1.82, 2.24) is 4.57 Å². The van der Waals surface area contributed by atoms with Gasteiger partial charge in [-0.3, -0.25) is 0 Å². The summed E-state index contributed by atoms with van der Waals surface area (Å²) in [7, 11) is 0. The van der Waals surface area contributed by atoms with Crippen LogP contribution in [0.15, 0.2) is 18.2 Å². The van der Waals surface area contributed by atoms with Gasteiger partial charge < -0.3 is 30.2 Å². The molecule has 3 heterocycles. The molecule has 0 saturated carbocycles. The summed E-state index contributed by atoms with van der Waals surface area (Å²) in [6.45, 7) is 6.16. The molecule has 2 aliphatic heterocycles. The zero-order chi connectivity index (χ0) is 19.1. The van der Waals surface area contributed by atoms with Crippen molar-refractivity contribution in [2.24, 2.45) is 5.73 Å². The van der Waals surface area contributed by atoms with Gasteiger partial charge in [0.15, 0.2) is 17.1 Å². The first-order chi connectivity index (χ1) is 13.0.